The SMILES string of the molecule is CC(C)n1nc(-c2ccc(NS(=O)(=O)c3ccccc3F)c(F)c2)c2c(N)ncc(C3CCC(N)CC3)c21. The van der Waals surface area contributed by atoms with Gasteiger partial charge in [0.15, 0.2) is 0 Å². The van der Waals surface area contributed by atoms with Gasteiger partial charge in [-0.3, -0.25) is 9.40 Å². The van der Waals surface area contributed by atoms with Crippen LogP contribution in [0.5, 0.6) is 0 Å². The molecule has 38 heavy (non-hydrogen) atoms. The van der Waals surface area contributed by atoms with Gasteiger partial charge in [-0.25, -0.2) is 22.2 Å². The van der Waals surface area contributed by atoms with Crippen molar-refractivity contribution < 1.29 is 17.2 Å². The Morgan fingerprint density at radius 2 is 1.76 bits per heavy atom. The average Bonchev–Trinajstić information content (AvgIpc) is 3.28. The number of hydrogen-bond acceptors (Lipinski definition) is 6. The predicted octanol–water partition coefficient (Wildman–Crippen LogP) is 5.33. The molecule has 1 saturated carbocycles. The lowest BCUT2D eigenvalue weighted by molar-refractivity contribution is 0.395. The molecule has 0 spiro atoms. The Kier molecular flexibility index (Phi) is 6.83. The van der Waals surface area contributed by atoms with E-state index < -0.39 is 26.6 Å². The van der Waals surface area contributed by atoms with Gasteiger partial charge in [0, 0.05) is 23.8 Å². The summed E-state index contributed by atoms with van der Waals surface area (Å²) in [6.07, 6.45) is 5.53. The van der Waals surface area contributed by atoms with E-state index in [4.69, 9.17) is 16.6 Å². The van der Waals surface area contributed by atoms with E-state index in [9.17, 15) is 12.8 Å². The van der Waals surface area contributed by atoms with E-state index in [2.05, 4.69) is 9.71 Å². The number of nitrogens with one attached hydrogen (secondary N) is 1. The van der Waals surface area contributed by atoms with Crippen LogP contribution in [-0.2, 0) is 10.0 Å². The van der Waals surface area contributed by atoms with Gasteiger partial charge in [-0.05, 0) is 75.3 Å². The molecule has 0 aliphatic heterocycles. The molecule has 8 nitrogen and oxygen atoms in total. The Hall–Kier alpha value is -3.57. The molecule has 200 valence electrons. The first-order valence-electron chi connectivity index (χ1n) is 12.6. The van der Waals surface area contributed by atoms with Crippen molar-refractivity contribution in [2.45, 2.75) is 62.4 Å². The van der Waals surface area contributed by atoms with E-state index in [-0.39, 0.29) is 29.5 Å². The first-order chi connectivity index (χ1) is 18.1. The average molecular weight is 541 g/mol. The summed E-state index contributed by atoms with van der Waals surface area (Å²) in [7, 11) is -4.34. The number of nitrogen functional groups attached to an aromatic ring is 1. The number of sulfonamides is 1. The van der Waals surface area contributed by atoms with Gasteiger partial charge in [0.25, 0.3) is 10.0 Å². The summed E-state index contributed by atoms with van der Waals surface area (Å²) >= 11 is 0. The van der Waals surface area contributed by atoms with Crippen molar-refractivity contribution in [3.05, 3.63) is 65.9 Å². The minimum absolute atomic E-state index is 0.00524. The maximum atomic E-state index is 15.2. The van der Waals surface area contributed by atoms with Crippen LogP contribution >= 0.6 is 0 Å². The lowest BCUT2D eigenvalue weighted by Gasteiger charge is -2.27. The van der Waals surface area contributed by atoms with E-state index in [1.807, 2.05) is 24.7 Å². The molecule has 0 unspecified atom stereocenters. The number of aromatic nitrogens is 3. The number of benzene rings is 2. The van der Waals surface area contributed by atoms with Crippen LogP contribution in [-0.4, -0.2) is 29.2 Å². The highest BCUT2D eigenvalue weighted by Crippen LogP contribution is 2.41. The van der Waals surface area contributed by atoms with Gasteiger partial charge in [-0.15, -0.1) is 0 Å². The molecular weight excluding hydrogens is 510 g/mol. The van der Waals surface area contributed by atoms with Gasteiger partial charge < -0.3 is 11.5 Å². The van der Waals surface area contributed by atoms with Crippen molar-refractivity contribution in [3.8, 4) is 11.3 Å². The quantitative estimate of drug-likeness (QED) is 0.303. The Labute approximate surface area is 220 Å². The monoisotopic (exact) mass is 540 g/mol. The number of halogens is 2. The lowest BCUT2D eigenvalue weighted by Crippen LogP contribution is -2.26. The van der Waals surface area contributed by atoms with E-state index in [1.165, 1.54) is 24.3 Å². The molecule has 2 aromatic heterocycles. The van der Waals surface area contributed by atoms with E-state index >= 15 is 4.39 Å². The maximum absolute atomic E-state index is 15.2. The molecule has 0 saturated heterocycles. The highest BCUT2D eigenvalue weighted by molar-refractivity contribution is 7.92. The van der Waals surface area contributed by atoms with Gasteiger partial charge >= 0.3 is 0 Å². The van der Waals surface area contributed by atoms with Crippen molar-refractivity contribution in [2.24, 2.45) is 5.73 Å². The third-order valence-electron chi connectivity index (χ3n) is 7.10. The number of fused-ring (bicyclic) bond motifs is 1. The van der Waals surface area contributed by atoms with Crippen molar-refractivity contribution in [2.75, 3.05) is 10.5 Å². The molecule has 2 heterocycles. The molecular formula is C27H30F2N6O2S. The highest BCUT2D eigenvalue weighted by Gasteiger charge is 2.28. The first kappa shape index (κ1) is 26.1. The summed E-state index contributed by atoms with van der Waals surface area (Å²) in [6, 6.07) is 9.14. The van der Waals surface area contributed by atoms with Crippen molar-refractivity contribution >= 4 is 32.4 Å². The number of rotatable bonds is 6. The van der Waals surface area contributed by atoms with Crippen LogP contribution in [0.4, 0.5) is 20.3 Å². The number of anilines is 2. The molecule has 2 aromatic carbocycles. The fraction of sp³-hybridized carbons (Fsp3) is 0.333. The Morgan fingerprint density at radius 1 is 1.05 bits per heavy atom. The number of hydrogen-bond donors (Lipinski definition) is 3. The van der Waals surface area contributed by atoms with E-state index in [0.717, 1.165) is 48.9 Å². The van der Waals surface area contributed by atoms with E-state index in [0.29, 0.717) is 16.6 Å². The molecule has 5 N–H and O–H groups in total. The number of pyridine rings is 1. The molecule has 4 aromatic rings. The Bertz CT molecular complexity index is 1610. The predicted molar refractivity (Wildman–Crippen MR) is 144 cm³/mol. The summed E-state index contributed by atoms with van der Waals surface area (Å²) < 4.78 is 58.7. The van der Waals surface area contributed by atoms with Crippen LogP contribution in [0.1, 0.15) is 57.1 Å². The number of nitrogens with two attached hydrogens (primary N) is 2. The van der Waals surface area contributed by atoms with Crippen LogP contribution in [0, 0.1) is 11.6 Å². The second-order valence-corrected chi connectivity index (χ2v) is 11.7. The minimum atomic E-state index is -4.34. The van der Waals surface area contributed by atoms with Crippen LogP contribution in [0.25, 0.3) is 22.2 Å². The zero-order valence-corrected chi connectivity index (χ0v) is 22.0. The lowest BCUT2D eigenvalue weighted by atomic mass is 9.82. The zero-order valence-electron chi connectivity index (χ0n) is 21.2. The fourth-order valence-corrected chi connectivity index (χ4v) is 6.28. The van der Waals surface area contributed by atoms with Crippen LogP contribution in [0.15, 0.2) is 53.6 Å². The van der Waals surface area contributed by atoms with Gasteiger partial charge in [-0.2, -0.15) is 5.10 Å². The Morgan fingerprint density at radius 3 is 2.42 bits per heavy atom. The topological polar surface area (TPSA) is 129 Å². The standard InChI is InChI=1S/C27H30F2N6O2S/c1-15(2)35-26-19(16-7-10-18(30)11-8-16)14-32-27(31)24(26)25(33-35)17-9-12-22(21(29)13-17)34-38(36,37)23-6-4-3-5-20(23)28/h3-6,9,12-16,18,34H,7-8,10-11,30H2,1-2H3,(H2,31,32). The molecule has 1 aliphatic rings. The molecule has 1 aliphatic carbocycles. The third kappa shape index (κ3) is 4.71. The molecule has 0 bridgehead atoms. The minimum Gasteiger partial charge on any atom is -0.383 e. The number of nitrogens with zero attached hydrogens (tertiary/aromatic N) is 3. The van der Waals surface area contributed by atoms with Gasteiger partial charge in [-0.1, -0.05) is 18.2 Å². The van der Waals surface area contributed by atoms with Crippen LogP contribution < -0.4 is 16.2 Å². The van der Waals surface area contributed by atoms with Crippen LogP contribution in [0.2, 0.25) is 0 Å². The molecule has 0 radical (unpaired) electrons. The highest BCUT2D eigenvalue weighted by atomic mass is 32.2. The maximum Gasteiger partial charge on any atom is 0.264 e. The largest absolute Gasteiger partial charge is 0.383 e. The van der Waals surface area contributed by atoms with Crippen molar-refractivity contribution in [3.63, 3.8) is 0 Å². The third-order valence-corrected chi connectivity index (χ3v) is 8.50. The summed E-state index contributed by atoms with van der Waals surface area (Å²) in [5, 5.41) is 5.44. The van der Waals surface area contributed by atoms with Crippen molar-refractivity contribution in [1.29, 1.82) is 0 Å². The van der Waals surface area contributed by atoms with Gasteiger partial charge in [0.05, 0.1) is 16.6 Å². The summed E-state index contributed by atoms with van der Waals surface area (Å²) in [5.74, 6) is -1.22. The zero-order chi connectivity index (χ0) is 27.2. The summed E-state index contributed by atoms with van der Waals surface area (Å²) in [4.78, 5) is 3.89. The van der Waals surface area contributed by atoms with Crippen LogP contribution in [0.3, 0.4) is 0 Å². The molecule has 0 atom stereocenters. The van der Waals surface area contributed by atoms with E-state index in [1.54, 1.807) is 6.07 Å². The van der Waals surface area contributed by atoms with Gasteiger partial charge in [0.2, 0.25) is 0 Å². The van der Waals surface area contributed by atoms with Crippen molar-refractivity contribution in [1.82, 2.24) is 14.8 Å². The summed E-state index contributed by atoms with van der Waals surface area (Å²) in [5.41, 5.74) is 14.9. The fourth-order valence-electron chi connectivity index (χ4n) is 5.13. The molecule has 0 amide bonds. The van der Waals surface area contributed by atoms with Gasteiger partial charge in [0.1, 0.15) is 28.0 Å². The molecule has 11 heteroatoms. The molecule has 5 rings (SSSR count). The normalized spacial score (nSPS) is 18.3. The smallest absolute Gasteiger partial charge is 0.264 e. The second kappa shape index (κ2) is 9.95. The second-order valence-electron chi connectivity index (χ2n) is 10.1. The Balaban J connectivity index is 1.57. The summed E-state index contributed by atoms with van der Waals surface area (Å²) in [6.45, 7) is 4.02. The first-order valence-corrected chi connectivity index (χ1v) is 14.0. The molecule has 1 fully saturated rings.